The lowest BCUT2D eigenvalue weighted by atomic mass is 10.0. The van der Waals surface area contributed by atoms with Crippen molar-refractivity contribution in [3.8, 4) is 0 Å². The average Bonchev–Trinajstić information content (AvgIpc) is 2.76. The van der Waals surface area contributed by atoms with Crippen LogP contribution >= 0.6 is 0 Å². The summed E-state index contributed by atoms with van der Waals surface area (Å²) >= 11 is 0. The number of hydrogen-bond donors (Lipinski definition) is 0. The third kappa shape index (κ3) is 2.74. The molecule has 116 valence electrons. The maximum absolute atomic E-state index is 13.2. The quantitative estimate of drug-likeness (QED) is 0.614. The van der Waals surface area contributed by atoms with Gasteiger partial charge in [0, 0.05) is 5.56 Å². The van der Waals surface area contributed by atoms with Crippen molar-refractivity contribution < 1.29 is 28.3 Å². The fourth-order valence-electron chi connectivity index (χ4n) is 2.27. The minimum Gasteiger partial charge on any atom is -0.465 e. The highest BCUT2D eigenvalue weighted by molar-refractivity contribution is 6.21. The molecule has 1 aromatic rings. The number of nitrogens with zero attached hydrogens (tertiary/aromatic N) is 1. The summed E-state index contributed by atoms with van der Waals surface area (Å²) in [6, 6.07) is 3.59. The molecule has 2 amide bonds. The number of fused-ring (bicyclic) bond motifs is 1. The Kier molecular flexibility index (Phi) is 4.35. The Bertz CT molecular complexity index is 670. The van der Waals surface area contributed by atoms with Gasteiger partial charge < -0.3 is 4.74 Å². The second-order valence-electron chi connectivity index (χ2n) is 4.83. The van der Waals surface area contributed by atoms with E-state index in [1.165, 1.54) is 12.1 Å². The predicted molar refractivity (Wildman–Crippen MR) is 72.1 cm³/mol. The molecule has 0 bridgehead atoms. The highest BCUT2D eigenvalue weighted by atomic mass is 19.1. The lowest BCUT2D eigenvalue weighted by molar-refractivity contribution is -0.157. The number of carbonyl (C=O) groups excluding carboxylic acids is 4. The molecule has 1 atom stereocenters. The van der Waals surface area contributed by atoms with Gasteiger partial charge in [0.1, 0.15) is 5.82 Å². The van der Waals surface area contributed by atoms with Gasteiger partial charge in [-0.25, -0.2) is 4.39 Å². The minimum atomic E-state index is -1.68. The van der Waals surface area contributed by atoms with Gasteiger partial charge in [0.25, 0.3) is 11.8 Å². The molecule has 1 aliphatic heterocycles. The molecule has 7 heteroatoms. The smallest absolute Gasteiger partial charge is 0.326 e. The molecule has 0 aliphatic carbocycles. The topological polar surface area (TPSA) is 80.8 Å². The SMILES string of the molecule is CCOC(=O)C(C(C)=O)C(=O)N1Cc2ccc(F)cc2C1=O. The molecular weight excluding hydrogens is 293 g/mol. The van der Waals surface area contributed by atoms with Gasteiger partial charge in [-0.3, -0.25) is 24.1 Å². The van der Waals surface area contributed by atoms with Crippen molar-refractivity contribution in [1.82, 2.24) is 4.90 Å². The lowest BCUT2D eigenvalue weighted by Gasteiger charge is -2.18. The Morgan fingerprint density at radius 2 is 2.05 bits per heavy atom. The first-order valence-corrected chi connectivity index (χ1v) is 6.68. The number of amides is 2. The summed E-state index contributed by atoms with van der Waals surface area (Å²) in [7, 11) is 0. The summed E-state index contributed by atoms with van der Waals surface area (Å²) in [5, 5.41) is 0. The van der Waals surface area contributed by atoms with Crippen molar-refractivity contribution in [3.63, 3.8) is 0 Å². The van der Waals surface area contributed by atoms with Crippen molar-refractivity contribution >= 4 is 23.6 Å². The van der Waals surface area contributed by atoms with Gasteiger partial charge in [0.15, 0.2) is 11.7 Å². The number of benzene rings is 1. The first kappa shape index (κ1) is 15.8. The van der Waals surface area contributed by atoms with E-state index in [-0.39, 0.29) is 18.7 Å². The third-order valence-corrected chi connectivity index (χ3v) is 3.32. The molecule has 0 aromatic heterocycles. The van der Waals surface area contributed by atoms with E-state index < -0.39 is 35.3 Å². The predicted octanol–water partition coefficient (Wildman–Crippen LogP) is 1.08. The van der Waals surface area contributed by atoms with E-state index in [0.29, 0.717) is 5.56 Å². The van der Waals surface area contributed by atoms with E-state index >= 15 is 0 Å². The Labute approximate surface area is 125 Å². The highest BCUT2D eigenvalue weighted by Crippen LogP contribution is 2.25. The van der Waals surface area contributed by atoms with Crippen molar-refractivity contribution in [2.45, 2.75) is 20.4 Å². The van der Waals surface area contributed by atoms with Crippen LogP contribution in [0.25, 0.3) is 0 Å². The molecule has 0 N–H and O–H groups in total. The molecule has 1 unspecified atom stereocenters. The molecule has 0 saturated heterocycles. The van der Waals surface area contributed by atoms with Crippen LogP contribution < -0.4 is 0 Å². The van der Waals surface area contributed by atoms with E-state index in [0.717, 1.165) is 17.9 Å². The maximum Gasteiger partial charge on any atom is 0.326 e. The second-order valence-corrected chi connectivity index (χ2v) is 4.83. The van der Waals surface area contributed by atoms with Gasteiger partial charge in [-0.15, -0.1) is 0 Å². The standard InChI is InChI=1S/C15H14FNO5/c1-3-22-15(21)12(8(2)18)14(20)17-7-9-4-5-10(16)6-11(9)13(17)19/h4-6,12H,3,7H2,1-2H3. The average molecular weight is 307 g/mol. The molecule has 0 spiro atoms. The van der Waals surface area contributed by atoms with Crippen LogP contribution in [0.1, 0.15) is 29.8 Å². The monoisotopic (exact) mass is 307 g/mol. The fourth-order valence-corrected chi connectivity index (χ4v) is 2.27. The Morgan fingerprint density at radius 1 is 1.36 bits per heavy atom. The third-order valence-electron chi connectivity index (χ3n) is 3.32. The van der Waals surface area contributed by atoms with Crippen LogP contribution in [0.2, 0.25) is 0 Å². The van der Waals surface area contributed by atoms with Crippen molar-refractivity contribution in [1.29, 1.82) is 0 Å². The largest absolute Gasteiger partial charge is 0.465 e. The van der Waals surface area contributed by atoms with Gasteiger partial charge in [-0.05, 0) is 31.5 Å². The van der Waals surface area contributed by atoms with E-state index in [9.17, 15) is 23.6 Å². The first-order valence-electron chi connectivity index (χ1n) is 6.68. The Balaban J connectivity index is 2.28. The molecular formula is C15H14FNO5. The molecule has 1 aliphatic rings. The molecule has 1 aromatic carbocycles. The normalized spacial score (nSPS) is 14.5. The van der Waals surface area contributed by atoms with Gasteiger partial charge in [-0.1, -0.05) is 6.07 Å². The Hall–Kier alpha value is -2.57. The van der Waals surface area contributed by atoms with Gasteiger partial charge in [0.2, 0.25) is 0 Å². The van der Waals surface area contributed by atoms with Gasteiger partial charge in [-0.2, -0.15) is 0 Å². The zero-order valence-corrected chi connectivity index (χ0v) is 12.1. The lowest BCUT2D eigenvalue weighted by Crippen LogP contribution is -2.43. The van der Waals surface area contributed by atoms with Gasteiger partial charge in [0.05, 0.1) is 13.2 Å². The highest BCUT2D eigenvalue weighted by Gasteiger charge is 2.41. The Morgan fingerprint density at radius 3 is 2.64 bits per heavy atom. The molecule has 0 radical (unpaired) electrons. The van der Waals surface area contributed by atoms with Gasteiger partial charge >= 0.3 is 5.97 Å². The summed E-state index contributed by atoms with van der Waals surface area (Å²) < 4.78 is 17.9. The summed E-state index contributed by atoms with van der Waals surface area (Å²) in [4.78, 5) is 48.6. The molecule has 22 heavy (non-hydrogen) atoms. The zero-order valence-electron chi connectivity index (χ0n) is 12.1. The minimum absolute atomic E-state index is 0.00920. The number of halogens is 1. The van der Waals surface area contributed by atoms with E-state index in [1.54, 1.807) is 6.92 Å². The van der Waals surface area contributed by atoms with Crippen molar-refractivity contribution in [3.05, 3.63) is 35.1 Å². The van der Waals surface area contributed by atoms with E-state index in [1.807, 2.05) is 0 Å². The van der Waals surface area contributed by atoms with Crippen LogP contribution in [-0.4, -0.2) is 35.1 Å². The van der Waals surface area contributed by atoms with Crippen LogP contribution in [0.3, 0.4) is 0 Å². The summed E-state index contributed by atoms with van der Waals surface area (Å²) in [5.41, 5.74) is 0.519. The zero-order chi connectivity index (χ0) is 16.4. The molecule has 0 fully saturated rings. The number of rotatable bonds is 4. The van der Waals surface area contributed by atoms with E-state index in [4.69, 9.17) is 4.74 Å². The summed E-state index contributed by atoms with van der Waals surface area (Å²) in [6.07, 6.45) is 0. The van der Waals surface area contributed by atoms with Crippen LogP contribution in [-0.2, 0) is 25.7 Å². The number of esters is 1. The number of imide groups is 1. The second kappa shape index (κ2) is 6.05. The molecule has 0 saturated carbocycles. The molecule has 1 heterocycles. The van der Waals surface area contributed by atoms with Crippen molar-refractivity contribution in [2.75, 3.05) is 6.61 Å². The van der Waals surface area contributed by atoms with Crippen LogP contribution in [0, 0.1) is 11.7 Å². The first-order chi connectivity index (χ1) is 10.4. The number of Topliss-reactive ketones (excluding diaryl/α,β-unsaturated/α-hetero) is 1. The summed E-state index contributed by atoms with van der Waals surface area (Å²) in [6.45, 7) is 2.53. The van der Waals surface area contributed by atoms with E-state index in [2.05, 4.69) is 0 Å². The maximum atomic E-state index is 13.2. The van der Waals surface area contributed by atoms with Crippen molar-refractivity contribution in [2.24, 2.45) is 5.92 Å². The van der Waals surface area contributed by atoms with Crippen LogP contribution in [0.5, 0.6) is 0 Å². The fraction of sp³-hybridized carbons (Fsp3) is 0.333. The van der Waals surface area contributed by atoms with Crippen LogP contribution in [0.4, 0.5) is 4.39 Å². The van der Waals surface area contributed by atoms with Crippen LogP contribution in [0.15, 0.2) is 18.2 Å². The number of ether oxygens (including phenoxy) is 1. The molecule has 2 rings (SSSR count). The summed E-state index contributed by atoms with van der Waals surface area (Å²) in [5.74, 6) is -5.66. The molecule has 6 nitrogen and oxygen atoms in total. The number of ketones is 1. The number of carbonyl (C=O) groups is 4. The number of hydrogen-bond acceptors (Lipinski definition) is 5.